The molecule has 0 aliphatic rings. The Morgan fingerprint density at radius 2 is 2.09 bits per heavy atom. The van der Waals surface area contributed by atoms with Gasteiger partial charge in [-0.05, 0) is 40.9 Å². The molecule has 0 aliphatic heterocycles. The SMILES string of the molecule is CCOC(=O)c1cn(CC(C)C)c2cc(Br)c(F)cc2c1=O. The van der Waals surface area contributed by atoms with E-state index in [1.54, 1.807) is 17.6 Å². The molecule has 0 bridgehead atoms. The third-order valence-corrected chi connectivity index (χ3v) is 3.79. The maximum atomic E-state index is 13.8. The number of aromatic nitrogens is 1. The fraction of sp³-hybridized carbons (Fsp3) is 0.375. The standard InChI is InChI=1S/C16H17BrFNO3/c1-4-22-16(21)11-8-19(7-9(2)3)14-6-12(17)13(18)5-10(14)15(11)20/h5-6,8-9H,4,7H2,1-3H3. The molecule has 0 fully saturated rings. The molecule has 0 unspecified atom stereocenters. The summed E-state index contributed by atoms with van der Waals surface area (Å²) in [7, 11) is 0. The van der Waals surface area contributed by atoms with Crippen molar-refractivity contribution in [2.75, 3.05) is 6.61 Å². The fourth-order valence-electron chi connectivity index (χ4n) is 2.28. The van der Waals surface area contributed by atoms with Gasteiger partial charge < -0.3 is 9.30 Å². The van der Waals surface area contributed by atoms with E-state index in [9.17, 15) is 14.0 Å². The number of pyridine rings is 1. The minimum atomic E-state index is -0.685. The van der Waals surface area contributed by atoms with Crippen molar-refractivity contribution in [3.63, 3.8) is 0 Å². The summed E-state index contributed by atoms with van der Waals surface area (Å²) in [5.74, 6) is -0.929. The summed E-state index contributed by atoms with van der Waals surface area (Å²) in [6.07, 6.45) is 1.49. The van der Waals surface area contributed by atoms with Crippen LogP contribution in [0.3, 0.4) is 0 Å². The second-order valence-electron chi connectivity index (χ2n) is 5.42. The molecular formula is C16H17BrFNO3. The highest BCUT2D eigenvalue weighted by Crippen LogP contribution is 2.23. The van der Waals surface area contributed by atoms with Gasteiger partial charge in [0.1, 0.15) is 11.4 Å². The average molecular weight is 370 g/mol. The first-order valence-electron chi connectivity index (χ1n) is 7.04. The van der Waals surface area contributed by atoms with Gasteiger partial charge in [-0.15, -0.1) is 0 Å². The quantitative estimate of drug-likeness (QED) is 0.771. The van der Waals surface area contributed by atoms with Crippen molar-refractivity contribution in [1.82, 2.24) is 4.57 Å². The van der Waals surface area contributed by atoms with Gasteiger partial charge in [-0.1, -0.05) is 13.8 Å². The van der Waals surface area contributed by atoms with Crippen LogP contribution in [-0.4, -0.2) is 17.1 Å². The van der Waals surface area contributed by atoms with Crippen molar-refractivity contribution in [2.24, 2.45) is 5.92 Å². The van der Waals surface area contributed by atoms with E-state index in [0.29, 0.717) is 18.0 Å². The van der Waals surface area contributed by atoms with E-state index in [4.69, 9.17) is 4.74 Å². The summed E-state index contributed by atoms with van der Waals surface area (Å²) in [4.78, 5) is 24.4. The van der Waals surface area contributed by atoms with E-state index >= 15 is 0 Å². The van der Waals surface area contributed by atoms with E-state index in [1.165, 1.54) is 6.20 Å². The lowest BCUT2D eigenvalue weighted by Gasteiger charge is -2.15. The monoisotopic (exact) mass is 369 g/mol. The van der Waals surface area contributed by atoms with Crippen LogP contribution in [0.5, 0.6) is 0 Å². The van der Waals surface area contributed by atoms with Crippen molar-refractivity contribution in [2.45, 2.75) is 27.3 Å². The Labute approximate surface area is 136 Å². The Kier molecular flexibility index (Phi) is 5.01. The van der Waals surface area contributed by atoms with Gasteiger partial charge in [0, 0.05) is 18.1 Å². The highest BCUT2D eigenvalue weighted by molar-refractivity contribution is 9.10. The fourth-order valence-corrected chi connectivity index (χ4v) is 2.61. The van der Waals surface area contributed by atoms with E-state index in [1.807, 2.05) is 13.8 Å². The summed E-state index contributed by atoms with van der Waals surface area (Å²) in [6.45, 7) is 6.48. The van der Waals surface area contributed by atoms with Crippen LogP contribution in [0.25, 0.3) is 10.9 Å². The van der Waals surface area contributed by atoms with Crippen LogP contribution in [0.2, 0.25) is 0 Å². The van der Waals surface area contributed by atoms with Gasteiger partial charge in [-0.25, -0.2) is 9.18 Å². The van der Waals surface area contributed by atoms with Gasteiger partial charge in [0.15, 0.2) is 0 Å². The molecule has 2 rings (SSSR count). The molecule has 0 aliphatic carbocycles. The summed E-state index contributed by atoms with van der Waals surface area (Å²) in [6, 6.07) is 2.71. The topological polar surface area (TPSA) is 48.3 Å². The highest BCUT2D eigenvalue weighted by Gasteiger charge is 2.18. The van der Waals surface area contributed by atoms with Gasteiger partial charge in [-0.3, -0.25) is 4.79 Å². The molecule has 118 valence electrons. The first-order chi connectivity index (χ1) is 10.3. The maximum Gasteiger partial charge on any atom is 0.343 e. The maximum absolute atomic E-state index is 13.8. The number of hydrogen-bond acceptors (Lipinski definition) is 3. The van der Waals surface area contributed by atoms with Gasteiger partial charge in [0.2, 0.25) is 5.43 Å². The molecule has 2 aromatic rings. The average Bonchev–Trinajstić information content (AvgIpc) is 2.44. The summed E-state index contributed by atoms with van der Waals surface area (Å²) in [5, 5.41) is 0.173. The van der Waals surface area contributed by atoms with Crippen LogP contribution in [0.15, 0.2) is 27.6 Å². The number of rotatable bonds is 4. The van der Waals surface area contributed by atoms with Crippen LogP contribution in [0, 0.1) is 11.7 Å². The minimum Gasteiger partial charge on any atom is -0.462 e. The second kappa shape index (κ2) is 6.60. The summed E-state index contributed by atoms with van der Waals surface area (Å²) >= 11 is 3.13. The van der Waals surface area contributed by atoms with Gasteiger partial charge in [-0.2, -0.15) is 0 Å². The lowest BCUT2D eigenvalue weighted by atomic mass is 10.1. The zero-order valence-electron chi connectivity index (χ0n) is 12.7. The van der Waals surface area contributed by atoms with E-state index in [0.717, 1.165) is 6.07 Å². The molecule has 0 amide bonds. The van der Waals surface area contributed by atoms with E-state index < -0.39 is 17.2 Å². The number of hydrogen-bond donors (Lipinski definition) is 0. The van der Waals surface area contributed by atoms with Gasteiger partial charge in [0.25, 0.3) is 0 Å². The molecule has 1 heterocycles. The minimum absolute atomic E-state index is 0.0725. The van der Waals surface area contributed by atoms with E-state index in [2.05, 4.69) is 15.9 Å². The van der Waals surface area contributed by atoms with Crippen molar-refractivity contribution in [3.05, 3.63) is 44.4 Å². The smallest absolute Gasteiger partial charge is 0.343 e. The number of fused-ring (bicyclic) bond motifs is 1. The van der Waals surface area contributed by atoms with Crippen LogP contribution < -0.4 is 5.43 Å². The molecule has 6 heteroatoms. The number of nitrogens with zero attached hydrogens (tertiary/aromatic N) is 1. The van der Waals surface area contributed by atoms with Crippen LogP contribution in [0.1, 0.15) is 31.1 Å². The zero-order chi connectivity index (χ0) is 16.4. The normalized spacial score (nSPS) is 11.2. The molecule has 4 nitrogen and oxygen atoms in total. The third kappa shape index (κ3) is 3.21. The molecular weight excluding hydrogens is 353 g/mol. The number of benzene rings is 1. The predicted molar refractivity (Wildman–Crippen MR) is 86.7 cm³/mol. The molecule has 0 atom stereocenters. The Morgan fingerprint density at radius 1 is 1.41 bits per heavy atom. The Bertz CT molecular complexity index is 783. The van der Waals surface area contributed by atoms with Gasteiger partial charge in [0.05, 0.1) is 16.6 Å². The third-order valence-electron chi connectivity index (χ3n) is 3.18. The molecule has 22 heavy (non-hydrogen) atoms. The lowest BCUT2D eigenvalue weighted by Crippen LogP contribution is -2.22. The molecule has 0 radical (unpaired) electrons. The Morgan fingerprint density at radius 3 is 2.68 bits per heavy atom. The van der Waals surface area contributed by atoms with Crippen molar-refractivity contribution in [1.29, 1.82) is 0 Å². The number of esters is 1. The van der Waals surface area contributed by atoms with Crippen LogP contribution in [0.4, 0.5) is 4.39 Å². The molecule has 1 aromatic carbocycles. The first kappa shape index (κ1) is 16.7. The van der Waals surface area contributed by atoms with Crippen molar-refractivity contribution < 1.29 is 13.9 Å². The number of ether oxygens (including phenoxy) is 1. The molecule has 1 aromatic heterocycles. The van der Waals surface area contributed by atoms with E-state index in [-0.39, 0.29) is 22.0 Å². The predicted octanol–water partition coefficient (Wildman–Crippen LogP) is 3.74. The molecule has 0 N–H and O–H groups in total. The van der Waals surface area contributed by atoms with Crippen molar-refractivity contribution >= 4 is 32.8 Å². The first-order valence-corrected chi connectivity index (χ1v) is 7.83. The van der Waals surface area contributed by atoms with Gasteiger partial charge >= 0.3 is 5.97 Å². The number of carbonyl (C=O) groups excluding carboxylic acids is 1. The lowest BCUT2D eigenvalue weighted by molar-refractivity contribution is 0.0524. The number of halogens is 2. The van der Waals surface area contributed by atoms with Crippen molar-refractivity contribution in [3.8, 4) is 0 Å². The van der Waals surface area contributed by atoms with Crippen LogP contribution in [-0.2, 0) is 11.3 Å². The number of carbonyl (C=O) groups is 1. The second-order valence-corrected chi connectivity index (χ2v) is 6.28. The Balaban J connectivity index is 2.79. The summed E-state index contributed by atoms with van der Waals surface area (Å²) in [5.41, 5.74) is -0.00315. The molecule has 0 spiro atoms. The molecule has 0 saturated heterocycles. The zero-order valence-corrected chi connectivity index (χ0v) is 14.2. The molecule has 0 saturated carbocycles. The Hall–Kier alpha value is -1.69. The highest BCUT2D eigenvalue weighted by atomic mass is 79.9. The summed E-state index contributed by atoms with van der Waals surface area (Å²) < 4.78 is 20.8. The largest absolute Gasteiger partial charge is 0.462 e. The van der Waals surface area contributed by atoms with Crippen LogP contribution >= 0.6 is 15.9 Å².